The molecule has 1 saturated carbocycles. The zero-order chi connectivity index (χ0) is 24.2. The fraction of sp³-hybridized carbons (Fsp3) is 0.480. The number of halogens is 2. The van der Waals surface area contributed by atoms with Gasteiger partial charge in [0, 0.05) is 31.9 Å². The molecule has 1 amide bonds. The Hall–Kier alpha value is -3.23. The van der Waals surface area contributed by atoms with Crippen LogP contribution in [-0.4, -0.2) is 56.8 Å². The molecule has 7 nitrogen and oxygen atoms in total. The molecule has 2 fully saturated rings. The number of rotatable bonds is 3. The number of hydrogen-bond acceptors (Lipinski definition) is 5. The molecule has 0 N–H and O–H groups in total. The van der Waals surface area contributed by atoms with Crippen LogP contribution in [0.4, 0.5) is 19.4 Å². The van der Waals surface area contributed by atoms with Crippen LogP contribution in [0.1, 0.15) is 52.0 Å². The first-order valence-corrected chi connectivity index (χ1v) is 11.7. The molecule has 5 rings (SSSR count). The second-order valence-corrected chi connectivity index (χ2v) is 10.2. The summed E-state index contributed by atoms with van der Waals surface area (Å²) in [6.07, 6.45) is 5.11. The van der Waals surface area contributed by atoms with Gasteiger partial charge in [-0.3, -0.25) is 4.57 Å². The number of nitrogens with zero attached hydrogens (tertiary/aromatic N) is 5. The molecule has 0 spiro atoms. The zero-order valence-electron chi connectivity index (χ0n) is 19.9. The Labute approximate surface area is 197 Å². The lowest BCUT2D eigenvalue weighted by Gasteiger charge is -2.40. The monoisotopic (exact) mass is 469 g/mol. The number of carbonyl (C=O) groups excluding carboxylic acids is 1. The summed E-state index contributed by atoms with van der Waals surface area (Å²) in [5.74, 6) is -0.682. The van der Waals surface area contributed by atoms with Crippen molar-refractivity contribution in [3.63, 3.8) is 0 Å². The number of aromatic nitrogens is 3. The fourth-order valence-electron chi connectivity index (χ4n) is 4.62. The summed E-state index contributed by atoms with van der Waals surface area (Å²) >= 11 is 0. The summed E-state index contributed by atoms with van der Waals surface area (Å²) in [7, 11) is 0. The summed E-state index contributed by atoms with van der Waals surface area (Å²) < 4.78 is 35.9. The van der Waals surface area contributed by atoms with Crippen molar-refractivity contribution < 1.29 is 18.3 Å². The predicted molar refractivity (Wildman–Crippen MR) is 125 cm³/mol. The van der Waals surface area contributed by atoms with Crippen molar-refractivity contribution in [1.29, 1.82) is 0 Å². The quantitative estimate of drug-likeness (QED) is 0.539. The Balaban J connectivity index is 1.51. The van der Waals surface area contributed by atoms with Crippen molar-refractivity contribution in [3.05, 3.63) is 47.9 Å². The molecule has 1 saturated heterocycles. The second kappa shape index (κ2) is 8.21. The van der Waals surface area contributed by atoms with E-state index in [0.717, 1.165) is 35.7 Å². The van der Waals surface area contributed by atoms with Gasteiger partial charge in [0.2, 0.25) is 0 Å². The number of anilines is 1. The molecule has 3 heterocycles. The Morgan fingerprint density at radius 2 is 1.91 bits per heavy atom. The Morgan fingerprint density at radius 3 is 2.59 bits per heavy atom. The van der Waals surface area contributed by atoms with Gasteiger partial charge in [-0.15, -0.1) is 0 Å². The SMILES string of the molecule is C[C@@H]1CN(c2ncnc3c2c(C2CC2)cn3-c2cccc(F)c2F)CCN1C(=O)OC(C)(C)C. The highest BCUT2D eigenvalue weighted by Crippen LogP contribution is 2.46. The van der Waals surface area contributed by atoms with Gasteiger partial charge in [0.15, 0.2) is 11.6 Å². The van der Waals surface area contributed by atoms with Gasteiger partial charge in [0.1, 0.15) is 23.4 Å². The molecule has 3 aromatic rings. The first-order chi connectivity index (χ1) is 16.1. The van der Waals surface area contributed by atoms with E-state index in [2.05, 4.69) is 14.9 Å². The maximum absolute atomic E-state index is 14.7. The maximum atomic E-state index is 14.7. The predicted octanol–water partition coefficient (Wildman–Crippen LogP) is 5.02. The average molecular weight is 470 g/mol. The van der Waals surface area contributed by atoms with Crippen LogP contribution in [0.25, 0.3) is 16.7 Å². The highest BCUT2D eigenvalue weighted by atomic mass is 19.2. The van der Waals surface area contributed by atoms with Crippen LogP contribution in [0.5, 0.6) is 0 Å². The summed E-state index contributed by atoms with van der Waals surface area (Å²) in [6.45, 7) is 9.22. The lowest BCUT2D eigenvalue weighted by molar-refractivity contribution is 0.0159. The van der Waals surface area contributed by atoms with Gasteiger partial charge < -0.3 is 14.5 Å². The third-order valence-electron chi connectivity index (χ3n) is 6.36. The topological polar surface area (TPSA) is 63.5 Å². The normalized spacial score (nSPS) is 19.1. The number of hydrogen-bond donors (Lipinski definition) is 0. The van der Waals surface area contributed by atoms with E-state index in [1.165, 1.54) is 12.4 Å². The molecule has 2 aromatic heterocycles. The fourth-order valence-corrected chi connectivity index (χ4v) is 4.62. The van der Waals surface area contributed by atoms with E-state index in [1.807, 2.05) is 33.9 Å². The van der Waals surface area contributed by atoms with Crippen molar-refractivity contribution in [2.75, 3.05) is 24.5 Å². The minimum atomic E-state index is -0.901. The number of ether oxygens (including phenoxy) is 1. The molecule has 2 aliphatic rings. The molecule has 1 aromatic carbocycles. The Kier molecular flexibility index (Phi) is 5.45. The van der Waals surface area contributed by atoms with E-state index in [0.29, 0.717) is 31.2 Å². The van der Waals surface area contributed by atoms with E-state index >= 15 is 0 Å². The van der Waals surface area contributed by atoms with E-state index in [1.54, 1.807) is 15.5 Å². The largest absolute Gasteiger partial charge is 0.444 e. The smallest absolute Gasteiger partial charge is 0.410 e. The highest BCUT2D eigenvalue weighted by molar-refractivity contribution is 5.93. The molecule has 1 aliphatic heterocycles. The molecular formula is C25H29F2N5O2. The molecule has 34 heavy (non-hydrogen) atoms. The van der Waals surface area contributed by atoms with Gasteiger partial charge in [-0.2, -0.15) is 0 Å². The third kappa shape index (κ3) is 4.08. The van der Waals surface area contributed by atoms with Crippen LogP contribution in [0, 0.1) is 11.6 Å². The van der Waals surface area contributed by atoms with Crippen LogP contribution in [-0.2, 0) is 4.74 Å². The molecule has 0 bridgehead atoms. The number of piperazine rings is 1. The van der Waals surface area contributed by atoms with Crippen LogP contribution in [0.15, 0.2) is 30.7 Å². The molecule has 0 radical (unpaired) electrons. The summed E-state index contributed by atoms with van der Waals surface area (Å²) in [4.78, 5) is 25.6. The summed E-state index contributed by atoms with van der Waals surface area (Å²) in [5, 5.41) is 0.867. The van der Waals surface area contributed by atoms with Gasteiger partial charge in [0.05, 0.1) is 11.1 Å². The number of benzene rings is 1. The van der Waals surface area contributed by atoms with Gasteiger partial charge in [-0.1, -0.05) is 6.07 Å². The van der Waals surface area contributed by atoms with E-state index in [9.17, 15) is 13.6 Å². The Morgan fingerprint density at radius 1 is 1.15 bits per heavy atom. The molecule has 180 valence electrons. The average Bonchev–Trinajstić information content (AvgIpc) is 3.54. The van der Waals surface area contributed by atoms with Gasteiger partial charge in [-0.05, 0) is 64.2 Å². The first-order valence-electron chi connectivity index (χ1n) is 11.7. The van der Waals surface area contributed by atoms with E-state index < -0.39 is 17.2 Å². The summed E-state index contributed by atoms with van der Waals surface area (Å²) in [6, 6.07) is 4.08. The minimum absolute atomic E-state index is 0.0826. The van der Waals surface area contributed by atoms with Crippen molar-refractivity contribution >= 4 is 22.9 Å². The van der Waals surface area contributed by atoms with Gasteiger partial charge in [-0.25, -0.2) is 23.5 Å². The van der Waals surface area contributed by atoms with E-state index in [-0.39, 0.29) is 17.8 Å². The molecular weight excluding hydrogens is 440 g/mol. The minimum Gasteiger partial charge on any atom is -0.444 e. The van der Waals surface area contributed by atoms with Gasteiger partial charge in [0.25, 0.3) is 0 Å². The number of carbonyl (C=O) groups is 1. The lowest BCUT2D eigenvalue weighted by Crippen LogP contribution is -2.55. The number of fused-ring (bicyclic) bond motifs is 1. The maximum Gasteiger partial charge on any atom is 0.410 e. The zero-order valence-corrected chi connectivity index (χ0v) is 19.9. The highest BCUT2D eigenvalue weighted by Gasteiger charge is 2.35. The standard InChI is InChI=1S/C25H29F2N5O2/c1-15-12-30(10-11-31(15)24(33)34-25(2,3)4)22-20-17(16-8-9-16)13-32(23(20)29-14-28-22)19-7-5-6-18(26)21(19)27/h5-7,13-16H,8-12H2,1-4H3/t15-/m1/s1. The first kappa shape index (κ1) is 22.6. The molecule has 9 heteroatoms. The third-order valence-corrected chi connectivity index (χ3v) is 6.36. The summed E-state index contributed by atoms with van der Waals surface area (Å²) in [5.41, 5.74) is 1.18. The molecule has 0 unspecified atom stereocenters. The second-order valence-electron chi connectivity index (χ2n) is 10.2. The van der Waals surface area contributed by atoms with Crippen LogP contribution >= 0.6 is 0 Å². The van der Waals surface area contributed by atoms with Crippen molar-refractivity contribution in [2.45, 2.75) is 58.1 Å². The lowest BCUT2D eigenvalue weighted by atomic mass is 10.1. The molecule has 1 aliphatic carbocycles. The Bertz CT molecular complexity index is 1250. The van der Waals surface area contributed by atoms with Crippen molar-refractivity contribution in [1.82, 2.24) is 19.4 Å². The van der Waals surface area contributed by atoms with E-state index in [4.69, 9.17) is 4.74 Å². The van der Waals surface area contributed by atoms with Crippen LogP contribution in [0.2, 0.25) is 0 Å². The van der Waals surface area contributed by atoms with Crippen molar-refractivity contribution in [3.8, 4) is 5.69 Å². The van der Waals surface area contributed by atoms with Crippen LogP contribution < -0.4 is 4.90 Å². The molecule has 1 atom stereocenters. The van der Waals surface area contributed by atoms with Crippen molar-refractivity contribution in [2.24, 2.45) is 0 Å². The van der Waals surface area contributed by atoms with Crippen LogP contribution in [0.3, 0.4) is 0 Å². The van der Waals surface area contributed by atoms with Gasteiger partial charge >= 0.3 is 6.09 Å². The number of amides is 1.